The van der Waals surface area contributed by atoms with Crippen LogP contribution in [0.3, 0.4) is 0 Å². The Hall–Kier alpha value is -3.63. The number of rotatable bonds is 9. The number of pyridine rings is 1. The predicted octanol–water partition coefficient (Wildman–Crippen LogP) is 4.11. The maximum absolute atomic E-state index is 12.9. The van der Waals surface area contributed by atoms with Crippen molar-refractivity contribution in [3.63, 3.8) is 0 Å². The highest BCUT2D eigenvalue weighted by molar-refractivity contribution is 9.10. The molecule has 170 valence electrons. The van der Waals surface area contributed by atoms with Crippen molar-refractivity contribution < 1.29 is 19.4 Å². The highest BCUT2D eigenvalue weighted by Gasteiger charge is 2.15. The van der Waals surface area contributed by atoms with E-state index in [0.717, 1.165) is 0 Å². The first-order valence-corrected chi connectivity index (χ1v) is 10.7. The van der Waals surface area contributed by atoms with E-state index in [4.69, 9.17) is 32.6 Å². The summed E-state index contributed by atoms with van der Waals surface area (Å²) in [5, 5.41) is 22.7. The molecule has 3 aromatic rings. The van der Waals surface area contributed by atoms with E-state index in [1.165, 1.54) is 6.07 Å². The highest BCUT2D eigenvalue weighted by Crippen LogP contribution is 2.29. The van der Waals surface area contributed by atoms with Crippen LogP contribution in [-0.4, -0.2) is 34.4 Å². The second kappa shape index (κ2) is 10.8. The Morgan fingerprint density at radius 2 is 1.91 bits per heavy atom. The first-order chi connectivity index (χ1) is 15.7. The maximum atomic E-state index is 12.9. The zero-order valence-electron chi connectivity index (χ0n) is 17.1. The smallest absolute Gasteiger partial charge is 0.341 e. The average Bonchev–Trinajstić information content (AvgIpc) is 2.77. The van der Waals surface area contributed by atoms with E-state index in [0.29, 0.717) is 37.7 Å². The second-order valence-electron chi connectivity index (χ2n) is 6.76. The van der Waals surface area contributed by atoms with E-state index in [1.807, 2.05) is 0 Å². The Labute approximate surface area is 202 Å². The number of ether oxygens (including phenoxy) is 1. The van der Waals surface area contributed by atoms with Crippen LogP contribution in [0.15, 0.2) is 59.3 Å². The third-order valence-electron chi connectivity index (χ3n) is 4.43. The number of hydrogen-bond acceptors (Lipinski definition) is 6. The van der Waals surface area contributed by atoms with Crippen LogP contribution in [0.25, 0.3) is 0 Å². The molecule has 6 N–H and O–H groups in total. The summed E-state index contributed by atoms with van der Waals surface area (Å²) in [6, 6.07) is 13.1. The number of carboxylic acid groups (broad SMARTS) is 1. The van der Waals surface area contributed by atoms with Crippen molar-refractivity contribution in [3.05, 3.63) is 81.0 Å². The molecule has 0 radical (unpaired) electrons. The SMILES string of the molecule is N=C(N)c1ccc(NC(=O)c2cc(Cl)ccc2NCc2ccnc(Br)c2OCC(=O)O)cc1. The molecule has 1 aromatic heterocycles. The van der Waals surface area contributed by atoms with Gasteiger partial charge < -0.3 is 26.2 Å². The van der Waals surface area contributed by atoms with Crippen LogP contribution in [-0.2, 0) is 11.3 Å². The number of carbonyl (C=O) groups excluding carboxylic acids is 1. The van der Waals surface area contributed by atoms with E-state index < -0.39 is 18.5 Å². The van der Waals surface area contributed by atoms with Crippen LogP contribution in [0, 0.1) is 5.41 Å². The van der Waals surface area contributed by atoms with Crippen LogP contribution in [0.2, 0.25) is 5.02 Å². The summed E-state index contributed by atoms with van der Waals surface area (Å²) in [6.07, 6.45) is 1.55. The van der Waals surface area contributed by atoms with Gasteiger partial charge in [-0.3, -0.25) is 10.2 Å². The summed E-state index contributed by atoms with van der Waals surface area (Å²) in [5.74, 6) is -1.28. The minimum Gasteiger partial charge on any atom is -0.479 e. The Morgan fingerprint density at radius 3 is 2.58 bits per heavy atom. The van der Waals surface area contributed by atoms with Gasteiger partial charge in [0.2, 0.25) is 0 Å². The molecule has 0 fully saturated rings. The lowest BCUT2D eigenvalue weighted by molar-refractivity contribution is -0.139. The largest absolute Gasteiger partial charge is 0.479 e. The first kappa shape index (κ1) is 24.0. The van der Waals surface area contributed by atoms with Crippen molar-refractivity contribution in [1.82, 2.24) is 4.98 Å². The van der Waals surface area contributed by atoms with Gasteiger partial charge in [0.25, 0.3) is 5.91 Å². The number of hydrogen-bond donors (Lipinski definition) is 5. The fraction of sp³-hybridized carbons (Fsp3) is 0.0909. The fourth-order valence-electron chi connectivity index (χ4n) is 2.87. The quantitative estimate of drug-likeness (QED) is 0.158. The number of anilines is 2. The van der Waals surface area contributed by atoms with Gasteiger partial charge in [0, 0.05) is 40.3 Å². The number of carbonyl (C=O) groups is 2. The molecule has 0 saturated carbocycles. The molecule has 0 spiro atoms. The summed E-state index contributed by atoms with van der Waals surface area (Å²) in [6.45, 7) is -0.292. The maximum Gasteiger partial charge on any atom is 0.341 e. The first-order valence-electron chi connectivity index (χ1n) is 9.52. The number of nitrogens with one attached hydrogen (secondary N) is 3. The van der Waals surface area contributed by atoms with Gasteiger partial charge in [-0.2, -0.15) is 0 Å². The molecular weight excluding hydrogens is 514 g/mol. The summed E-state index contributed by atoms with van der Waals surface area (Å²) < 4.78 is 5.71. The van der Waals surface area contributed by atoms with E-state index in [1.54, 1.807) is 48.7 Å². The van der Waals surface area contributed by atoms with Crippen LogP contribution in [0.5, 0.6) is 5.75 Å². The number of carboxylic acids is 1. The number of benzene rings is 2. The molecule has 2 aromatic carbocycles. The summed E-state index contributed by atoms with van der Waals surface area (Å²) in [4.78, 5) is 27.9. The second-order valence-corrected chi connectivity index (χ2v) is 7.95. The molecular formula is C22H19BrClN5O4. The molecule has 11 heteroatoms. The van der Waals surface area contributed by atoms with Crippen molar-refractivity contribution in [2.75, 3.05) is 17.2 Å². The number of halogens is 2. The fourth-order valence-corrected chi connectivity index (χ4v) is 3.52. The van der Waals surface area contributed by atoms with Crippen molar-refractivity contribution in [2.45, 2.75) is 6.54 Å². The van der Waals surface area contributed by atoms with Gasteiger partial charge in [-0.15, -0.1) is 0 Å². The Morgan fingerprint density at radius 1 is 1.18 bits per heavy atom. The van der Waals surface area contributed by atoms with Gasteiger partial charge >= 0.3 is 5.97 Å². The molecule has 0 bridgehead atoms. The van der Waals surface area contributed by atoms with Gasteiger partial charge in [0.15, 0.2) is 12.4 Å². The number of amidine groups is 1. The minimum atomic E-state index is -1.11. The zero-order chi connectivity index (χ0) is 24.0. The summed E-state index contributed by atoms with van der Waals surface area (Å²) in [5.41, 5.74) is 7.98. The predicted molar refractivity (Wildman–Crippen MR) is 129 cm³/mol. The van der Waals surface area contributed by atoms with Gasteiger partial charge in [0.05, 0.1) is 5.56 Å². The summed E-state index contributed by atoms with van der Waals surface area (Å²) >= 11 is 9.38. The third-order valence-corrected chi connectivity index (χ3v) is 5.23. The lowest BCUT2D eigenvalue weighted by Gasteiger charge is -2.15. The lowest BCUT2D eigenvalue weighted by Crippen LogP contribution is -2.16. The average molecular weight is 533 g/mol. The molecule has 1 heterocycles. The van der Waals surface area contributed by atoms with Gasteiger partial charge in [-0.1, -0.05) is 11.6 Å². The van der Waals surface area contributed by atoms with E-state index >= 15 is 0 Å². The van der Waals surface area contributed by atoms with Crippen molar-refractivity contribution >= 4 is 56.6 Å². The molecule has 0 aliphatic carbocycles. The number of amides is 1. The standard InChI is InChI=1S/C22H19BrClN5O4/c23-20-19(33-11-18(30)31)13(7-8-27-20)10-28-17-6-3-14(24)9-16(17)22(32)29-15-4-1-12(2-5-15)21(25)26/h1-9,28H,10-11H2,(H3,25,26)(H,29,32)(H,30,31). The third kappa shape index (κ3) is 6.43. The van der Waals surface area contributed by atoms with E-state index in [9.17, 15) is 9.59 Å². The molecule has 1 amide bonds. The Kier molecular flexibility index (Phi) is 7.86. The van der Waals surface area contributed by atoms with Gasteiger partial charge in [0.1, 0.15) is 10.4 Å². The van der Waals surface area contributed by atoms with Crippen molar-refractivity contribution in [1.29, 1.82) is 5.41 Å². The molecule has 0 atom stereocenters. The normalized spacial score (nSPS) is 10.4. The number of aliphatic carboxylic acids is 1. The molecule has 33 heavy (non-hydrogen) atoms. The van der Waals surface area contributed by atoms with E-state index in [2.05, 4.69) is 31.5 Å². The molecule has 0 saturated heterocycles. The van der Waals surface area contributed by atoms with Crippen LogP contribution >= 0.6 is 27.5 Å². The van der Waals surface area contributed by atoms with Crippen LogP contribution in [0.1, 0.15) is 21.5 Å². The Balaban J connectivity index is 1.79. The molecule has 9 nitrogen and oxygen atoms in total. The van der Waals surface area contributed by atoms with Crippen LogP contribution < -0.4 is 21.1 Å². The summed E-state index contributed by atoms with van der Waals surface area (Å²) in [7, 11) is 0. The molecule has 0 aliphatic rings. The number of nitrogen functional groups attached to an aromatic ring is 1. The molecule has 0 aliphatic heterocycles. The van der Waals surface area contributed by atoms with Crippen molar-refractivity contribution in [3.8, 4) is 5.75 Å². The molecule has 0 unspecified atom stereocenters. The van der Waals surface area contributed by atoms with Crippen molar-refractivity contribution in [2.24, 2.45) is 5.73 Å². The van der Waals surface area contributed by atoms with Crippen LogP contribution in [0.4, 0.5) is 11.4 Å². The lowest BCUT2D eigenvalue weighted by atomic mass is 10.1. The number of aromatic nitrogens is 1. The van der Waals surface area contributed by atoms with Gasteiger partial charge in [-0.05, 0) is 64.5 Å². The van der Waals surface area contributed by atoms with Gasteiger partial charge in [-0.25, -0.2) is 9.78 Å². The number of nitrogens with two attached hydrogens (primary N) is 1. The van der Waals surface area contributed by atoms with E-state index in [-0.39, 0.29) is 18.1 Å². The monoisotopic (exact) mass is 531 g/mol. The minimum absolute atomic E-state index is 0.0661. The highest BCUT2D eigenvalue weighted by atomic mass is 79.9. The molecule has 3 rings (SSSR count). The zero-order valence-corrected chi connectivity index (χ0v) is 19.4. The topological polar surface area (TPSA) is 150 Å². The Bertz CT molecular complexity index is 1200. The number of nitrogens with zero attached hydrogens (tertiary/aromatic N) is 1.